The van der Waals surface area contributed by atoms with Crippen molar-refractivity contribution < 1.29 is 43.5 Å². The molecule has 11 nitrogen and oxygen atoms in total. The molecule has 6 rings (SSSR count). The second-order valence-corrected chi connectivity index (χ2v) is 12.9. The fourth-order valence-electron chi connectivity index (χ4n) is 4.78. The zero-order chi connectivity index (χ0) is 37.8. The van der Waals surface area contributed by atoms with Crippen LogP contribution in [0.3, 0.4) is 0 Å². The summed E-state index contributed by atoms with van der Waals surface area (Å²) in [5.41, 5.74) is 1.82. The highest BCUT2D eigenvalue weighted by Crippen LogP contribution is 2.35. The Morgan fingerprint density at radius 3 is 1.50 bits per heavy atom. The van der Waals surface area contributed by atoms with E-state index in [2.05, 4.69) is 19.6 Å². The first kappa shape index (κ1) is 37.7. The summed E-state index contributed by atoms with van der Waals surface area (Å²) >= 11 is -2.48. The lowest BCUT2D eigenvalue weighted by Gasteiger charge is -2.11. The number of nitrogens with two attached hydrogens (primary N) is 1. The summed E-state index contributed by atoms with van der Waals surface area (Å²) in [5.74, 6) is 0. The number of halogens is 6. The van der Waals surface area contributed by atoms with E-state index in [1.54, 1.807) is 54.6 Å². The van der Waals surface area contributed by atoms with Crippen molar-refractivity contribution in [1.29, 1.82) is 0 Å². The largest absolute Gasteiger partial charge is 0.755 e. The molecule has 4 N–H and O–H groups in total. The third kappa shape index (κ3) is 9.63. The van der Waals surface area contributed by atoms with Gasteiger partial charge in [-0.3, -0.25) is 8.93 Å². The van der Waals surface area contributed by atoms with Crippen LogP contribution in [0.15, 0.2) is 115 Å². The van der Waals surface area contributed by atoms with E-state index in [1.807, 2.05) is 6.92 Å². The van der Waals surface area contributed by atoms with E-state index in [0.29, 0.717) is 28.2 Å². The summed E-state index contributed by atoms with van der Waals surface area (Å²) in [6.45, 7) is 1.88. The normalized spacial score (nSPS) is 12.5. The fourth-order valence-corrected chi connectivity index (χ4v) is 5.57. The minimum atomic E-state index is -4.59. The van der Waals surface area contributed by atoms with E-state index in [4.69, 9.17) is 5.14 Å². The van der Waals surface area contributed by atoms with Crippen LogP contribution < -0.4 is 14.6 Å². The van der Waals surface area contributed by atoms with E-state index in [9.17, 15) is 43.5 Å². The fraction of sp³-hybridized carbons (Fsp3) is 0.0909. The molecule has 0 fully saturated rings. The molecule has 0 aliphatic carbocycles. The van der Waals surface area contributed by atoms with Crippen molar-refractivity contribution in [1.82, 2.24) is 19.6 Å². The van der Waals surface area contributed by atoms with Crippen LogP contribution in [0.1, 0.15) is 17.0 Å². The quantitative estimate of drug-likeness (QED) is 0.109. The molecule has 4 aromatic carbocycles. The summed E-state index contributed by atoms with van der Waals surface area (Å²) in [6, 6.07) is 29.0. The van der Waals surface area contributed by atoms with Crippen molar-refractivity contribution in [2.24, 2.45) is 5.14 Å². The molecule has 19 heteroatoms. The average Bonchev–Trinajstić information content (AvgIpc) is 3.72. The number of rotatable bonds is 8. The molecule has 2 aromatic heterocycles. The van der Waals surface area contributed by atoms with Crippen LogP contribution in [0.25, 0.3) is 33.9 Å². The molecule has 0 spiro atoms. The van der Waals surface area contributed by atoms with Crippen molar-refractivity contribution >= 4 is 32.9 Å². The Morgan fingerprint density at radius 1 is 0.673 bits per heavy atom. The van der Waals surface area contributed by atoms with Crippen LogP contribution in [-0.4, -0.2) is 36.7 Å². The molecule has 0 aliphatic heterocycles. The first-order valence-corrected chi connectivity index (χ1v) is 17.3. The molecule has 52 heavy (non-hydrogen) atoms. The van der Waals surface area contributed by atoms with E-state index < -0.39 is 45.2 Å². The van der Waals surface area contributed by atoms with Crippen LogP contribution in [0.5, 0.6) is 0 Å². The molecule has 0 amide bonds. The lowest BCUT2D eigenvalue weighted by Crippen LogP contribution is -2.21. The zero-order valence-corrected chi connectivity index (χ0v) is 28.2. The summed E-state index contributed by atoms with van der Waals surface area (Å²) in [7, 11) is -3.94. The third-order valence-corrected chi connectivity index (χ3v) is 8.02. The Labute approximate surface area is 295 Å². The summed E-state index contributed by atoms with van der Waals surface area (Å²) in [4.78, 5) is 0. The second kappa shape index (κ2) is 15.0. The Morgan fingerprint density at radius 2 is 1.10 bits per heavy atom. The number of alkyl halides is 6. The minimum absolute atomic E-state index is 0.181. The highest BCUT2D eigenvalue weighted by molar-refractivity contribution is 7.90. The predicted octanol–water partition coefficient (Wildman–Crippen LogP) is 7.25. The minimum Gasteiger partial charge on any atom is -0.755 e. The lowest BCUT2D eigenvalue weighted by atomic mass is 10.1. The van der Waals surface area contributed by atoms with Gasteiger partial charge >= 0.3 is 12.4 Å². The lowest BCUT2D eigenvalue weighted by molar-refractivity contribution is -0.142. The Hall–Kier alpha value is -5.50. The van der Waals surface area contributed by atoms with Gasteiger partial charge in [-0.15, -0.1) is 0 Å². The van der Waals surface area contributed by atoms with Crippen molar-refractivity contribution in [2.75, 3.05) is 9.44 Å². The number of aryl methyl sites for hydroxylation is 1. The number of anilines is 2. The predicted molar refractivity (Wildman–Crippen MR) is 182 cm³/mol. The molecule has 6 aromatic rings. The maximum absolute atomic E-state index is 13.1. The molecule has 0 bridgehead atoms. The molecule has 1 unspecified atom stereocenters. The van der Waals surface area contributed by atoms with Gasteiger partial charge in [0.25, 0.3) is 10.2 Å². The molecule has 272 valence electrons. The summed E-state index contributed by atoms with van der Waals surface area (Å²) in [6.07, 6.45) is -9.17. The van der Waals surface area contributed by atoms with E-state index in [0.717, 1.165) is 22.4 Å². The molecule has 0 aliphatic rings. The number of hydrogen-bond donors (Lipinski definition) is 3. The molecular formula is C33H26F6N7O4S2-. The van der Waals surface area contributed by atoms with Gasteiger partial charge in [-0.25, -0.2) is 14.5 Å². The topological polar surface area (TPSA) is 160 Å². The van der Waals surface area contributed by atoms with Gasteiger partial charge in [-0.05, 0) is 67.6 Å². The molecule has 0 saturated heterocycles. The average molecular weight is 763 g/mol. The SMILES string of the molecule is Cc1ccc(-c2cc(C(F)(F)F)nn2-c2ccc(NS(=O)[O-])cc2)cc1.NS(=O)(=O)Nc1ccc(-n2nc(C(F)(F)F)cc2-c2ccccc2)cc1. The summed E-state index contributed by atoms with van der Waals surface area (Å²) in [5, 5.41) is 12.2. The maximum Gasteiger partial charge on any atom is 0.435 e. The van der Waals surface area contributed by atoms with Gasteiger partial charge in [-0.1, -0.05) is 60.2 Å². The van der Waals surface area contributed by atoms with Gasteiger partial charge in [0, 0.05) is 33.8 Å². The number of hydrogen-bond acceptors (Lipinski definition) is 6. The highest BCUT2D eigenvalue weighted by Gasteiger charge is 2.36. The molecular weight excluding hydrogens is 737 g/mol. The number of benzene rings is 4. The van der Waals surface area contributed by atoms with E-state index in [-0.39, 0.29) is 17.1 Å². The Balaban J connectivity index is 0.000000201. The molecule has 2 heterocycles. The van der Waals surface area contributed by atoms with Crippen molar-refractivity contribution in [3.05, 3.63) is 132 Å². The standard InChI is InChI=1S/C17H14F3N3O2S.C16H13F3N4O2S/c1-11-2-4-12(5-3-11)15-10-16(17(18,19)20)21-23(15)14-8-6-13(7-9-14)22-26(24)25;17-16(18,19)15-10-14(11-4-2-1-3-5-11)23(21-15)13-8-6-12(7-9-13)22-26(20,24)25/h2-10,22H,1H3,(H,24,25);1-10,22H,(H2,20,24,25)/p-1. The van der Waals surface area contributed by atoms with Gasteiger partial charge in [0.15, 0.2) is 11.4 Å². The van der Waals surface area contributed by atoms with Crippen LogP contribution in [0.2, 0.25) is 0 Å². The van der Waals surface area contributed by atoms with Crippen LogP contribution >= 0.6 is 0 Å². The zero-order valence-electron chi connectivity index (χ0n) is 26.6. The monoisotopic (exact) mass is 762 g/mol. The molecule has 0 saturated carbocycles. The van der Waals surface area contributed by atoms with Crippen LogP contribution in [-0.2, 0) is 33.8 Å². The molecule has 0 radical (unpaired) electrons. The maximum atomic E-state index is 13.1. The first-order valence-electron chi connectivity index (χ1n) is 14.7. The van der Waals surface area contributed by atoms with Crippen molar-refractivity contribution in [2.45, 2.75) is 19.3 Å². The van der Waals surface area contributed by atoms with Crippen LogP contribution in [0, 0.1) is 6.92 Å². The first-order chi connectivity index (χ1) is 24.4. The number of aromatic nitrogens is 4. The number of nitrogens with one attached hydrogen (secondary N) is 2. The Bertz CT molecular complexity index is 2280. The highest BCUT2D eigenvalue weighted by atomic mass is 32.2. The second-order valence-electron chi connectivity index (χ2n) is 11.0. The molecule has 1 atom stereocenters. The van der Waals surface area contributed by atoms with Gasteiger partial charge in [-0.2, -0.15) is 45.0 Å². The van der Waals surface area contributed by atoms with Gasteiger partial charge in [0.05, 0.1) is 22.8 Å². The van der Waals surface area contributed by atoms with E-state index >= 15 is 0 Å². The number of nitrogens with zero attached hydrogens (tertiary/aromatic N) is 4. The van der Waals surface area contributed by atoms with Crippen LogP contribution in [0.4, 0.5) is 37.7 Å². The van der Waals surface area contributed by atoms with Crippen molar-refractivity contribution in [3.63, 3.8) is 0 Å². The Kier molecular flexibility index (Phi) is 10.9. The summed E-state index contributed by atoms with van der Waals surface area (Å²) < 4.78 is 129. The van der Waals surface area contributed by atoms with Gasteiger partial charge in [0.2, 0.25) is 0 Å². The van der Waals surface area contributed by atoms with Gasteiger partial charge in [0.1, 0.15) is 0 Å². The third-order valence-electron chi connectivity index (χ3n) is 7.10. The van der Waals surface area contributed by atoms with E-state index in [1.165, 1.54) is 53.2 Å². The smallest absolute Gasteiger partial charge is 0.435 e. The van der Waals surface area contributed by atoms with Crippen molar-refractivity contribution in [3.8, 4) is 33.9 Å². The van der Waals surface area contributed by atoms with Gasteiger partial charge < -0.3 is 9.27 Å².